The van der Waals surface area contributed by atoms with E-state index in [0.717, 1.165) is 24.8 Å². The summed E-state index contributed by atoms with van der Waals surface area (Å²) in [7, 11) is -3.39. The molecule has 0 heterocycles. The van der Waals surface area contributed by atoms with Gasteiger partial charge in [0.05, 0.1) is 4.90 Å². The summed E-state index contributed by atoms with van der Waals surface area (Å²) < 4.78 is 26.7. The number of aryl methyl sites for hydroxylation is 1. The molecule has 0 radical (unpaired) electrons. The highest BCUT2D eigenvalue weighted by Gasteiger charge is 2.37. The molecule has 0 unspecified atom stereocenters. The van der Waals surface area contributed by atoms with Crippen molar-refractivity contribution in [3.8, 4) is 0 Å². The number of hydrogen-bond donors (Lipinski definition) is 1. The van der Waals surface area contributed by atoms with Gasteiger partial charge in [-0.2, -0.15) is 4.31 Å². The maximum atomic E-state index is 12.5. The highest BCUT2D eigenvalue weighted by Crippen LogP contribution is 2.32. The quantitative estimate of drug-likeness (QED) is 0.832. The molecule has 1 aliphatic rings. The van der Waals surface area contributed by atoms with Gasteiger partial charge in [0.2, 0.25) is 10.0 Å². The van der Waals surface area contributed by atoms with Gasteiger partial charge in [-0.1, -0.05) is 13.0 Å². The lowest BCUT2D eigenvalue weighted by molar-refractivity contribution is 0.403. The van der Waals surface area contributed by atoms with Gasteiger partial charge in [0, 0.05) is 18.3 Å². The van der Waals surface area contributed by atoms with Crippen molar-refractivity contribution in [3.63, 3.8) is 0 Å². The highest BCUT2D eigenvalue weighted by atomic mass is 32.2. The molecule has 1 aromatic rings. The Morgan fingerprint density at radius 3 is 2.56 bits per heavy atom. The minimum Gasteiger partial charge on any atom is -0.398 e. The summed E-state index contributed by atoms with van der Waals surface area (Å²) in [6.07, 6.45) is 2.78. The molecule has 2 N–H and O–H groups in total. The Bertz CT molecular complexity index is 536. The fourth-order valence-corrected chi connectivity index (χ4v) is 3.81. The van der Waals surface area contributed by atoms with Crippen LogP contribution in [0, 0.1) is 6.92 Å². The van der Waals surface area contributed by atoms with E-state index < -0.39 is 10.0 Å². The molecule has 1 aliphatic carbocycles. The van der Waals surface area contributed by atoms with Crippen LogP contribution in [-0.2, 0) is 10.0 Å². The summed E-state index contributed by atoms with van der Waals surface area (Å²) in [5.41, 5.74) is 7.24. The summed E-state index contributed by atoms with van der Waals surface area (Å²) >= 11 is 0. The number of anilines is 1. The summed E-state index contributed by atoms with van der Waals surface area (Å²) in [5.74, 6) is 0. The number of sulfonamides is 1. The second kappa shape index (κ2) is 4.90. The zero-order valence-electron chi connectivity index (χ0n) is 10.9. The number of nitrogens with two attached hydrogens (primary N) is 1. The number of benzene rings is 1. The average molecular weight is 268 g/mol. The minimum atomic E-state index is -3.39. The van der Waals surface area contributed by atoms with Crippen LogP contribution in [0.2, 0.25) is 0 Å². The summed E-state index contributed by atoms with van der Waals surface area (Å²) in [5, 5.41) is 0. The Morgan fingerprint density at radius 2 is 2.06 bits per heavy atom. The van der Waals surface area contributed by atoms with E-state index in [4.69, 9.17) is 5.73 Å². The molecule has 1 fully saturated rings. The monoisotopic (exact) mass is 268 g/mol. The molecule has 18 heavy (non-hydrogen) atoms. The van der Waals surface area contributed by atoms with E-state index in [1.165, 1.54) is 0 Å². The third-order valence-corrected chi connectivity index (χ3v) is 5.20. The predicted octanol–water partition coefficient (Wildman–Crippen LogP) is 2.14. The molecular weight excluding hydrogens is 248 g/mol. The fourth-order valence-electron chi connectivity index (χ4n) is 2.00. The van der Waals surface area contributed by atoms with Crippen LogP contribution in [0.3, 0.4) is 0 Å². The smallest absolute Gasteiger partial charge is 0.243 e. The largest absolute Gasteiger partial charge is 0.398 e. The van der Waals surface area contributed by atoms with Crippen molar-refractivity contribution in [3.05, 3.63) is 23.8 Å². The molecule has 1 saturated carbocycles. The highest BCUT2D eigenvalue weighted by molar-refractivity contribution is 7.89. The van der Waals surface area contributed by atoms with Crippen LogP contribution in [0.5, 0.6) is 0 Å². The van der Waals surface area contributed by atoms with Gasteiger partial charge in [0.15, 0.2) is 0 Å². The topological polar surface area (TPSA) is 63.4 Å². The van der Waals surface area contributed by atoms with E-state index in [-0.39, 0.29) is 6.04 Å². The molecule has 100 valence electrons. The van der Waals surface area contributed by atoms with Crippen LogP contribution < -0.4 is 5.73 Å². The molecule has 0 saturated heterocycles. The number of rotatable bonds is 5. The van der Waals surface area contributed by atoms with Crippen LogP contribution in [0.1, 0.15) is 31.7 Å². The van der Waals surface area contributed by atoms with Crippen molar-refractivity contribution in [2.24, 2.45) is 0 Å². The van der Waals surface area contributed by atoms with Crippen molar-refractivity contribution in [2.45, 2.75) is 44.0 Å². The molecular formula is C13H20N2O2S. The normalized spacial score (nSPS) is 16.2. The van der Waals surface area contributed by atoms with E-state index in [0.29, 0.717) is 17.1 Å². The third-order valence-electron chi connectivity index (χ3n) is 3.26. The van der Waals surface area contributed by atoms with Crippen molar-refractivity contribution in [1.29, 1.82) is 0 Å². The van der Waals surface area contributed by atoms with Gasteiger partial charge >= 0.3 is 0 Å². The van der Waals surface area contributed by atoms with E-state index in [1.54, 1.807) is 22.5 Å². The Labute approximate surface area is 109 Å². The Balaban J connectivity index is 2.36. The predicted molar refractivity (Wildman–Crippen MR) is 72.8 cm³/mol. The van der Waals surface area contributed by atoms with E-state index >= 15 is 0 Å². The van der Waals surface area contributed by atoms with Gasteiger partial charge in [-0.25, -0.2) is 8.42 Å². The Morgan fingerprint density at radius 1 is 1.39 bits per heavy atom. The second-order valence-electron chi connectivity index (χ2n) is 4.87. The molecule has 2 rings (SSSR count). The number of nitrogen functional groups attached to an aromatic ring is 1. The first-order valence-electron chi connectivity index (χ1n) is 6.34. The van der Waals surface area contributed by atoms with Crippen molar-refractivity contribution < 1.29 is 8.42 Å². The first-order valence-corrected chi connectivity index (χ1v) is 7.78. The van der Waals surface area contributed by atoms with Crippen LogP contribution >= 0.6 is 0 Å². The zero-order chi connectivity index (χ0) is 13.3. The second-order valence-corrected chi connectivity index (χ2v) is 6.76. The lowest BCUT2D eigenvalue weighted by Crippen LogP contribution is -2.33. The van der Waals surface area contributed by atoms with Gasteiger partial charge in [-0.3, -0.25) is 0 Å². The molecule has 0 aromatic heterocycles. The molecule has 1 aromatic carbocycles. The molecule has 4 nitrogen and oxygen atoms in total. The molecule has 0 spiro atoms. The minimum absolute atomic E-state index is 0.192. The SMILES string of the molecule is CCCN(C1CC1)S(=O)(=O)c1ccc(C)c(N)c1. The number of hydrogen-bond acceptors (Lipinski definition) is 3. The van der Waals surface area contributed by atoms with Gasteiger partial charge in [0.25, 0.3) is 0 Å². The van der Waals surface area contributed by atoms with E-state index in [2.05, 4.69) is 0 Å². The molecule has 0 bridgehead atoms. The fraction of sp³-hybridized carbons (Fsp3) is 0.538. The lowest BCUT2D eigenvalue weighted by atomic mass is 10.2. The van der Waals surface area contributed by atoms with Crippen LogP contribution in [0.4, 0.5) is 5.69 Å². The van der Waals surface area contributed by atoms with Crippen molar-refractivity contribution >= 4 is 15.7 Å². The van der Waals surface area contributed by atoms with Gasteiger partial charge in [0.1, 0.15) is 0 Å². The molecule has 0 atom stereocenters. The van der Waals surface area contributed by atoms with Crippen molar-refractivity contribution in [1.82, 2.24) is 4.31 Å². The van der Waals surface area contributed by atoms with E-state index in [1.807, 2.05) is 13.8 Å². The first kappa shape index (κ1) is 13.4. The molecule has 0 aliphatic heterocycles. The van der Waals surface area contributed by atoms with Crippen LogP contribution in [0.25, 0.3) is 0 Å². The zero-order valence-corrected chi connectivity index (χ0v) is 11.7. The maximum Gasteiger partial charge on any atom is 0.243 e. The summed E-state index contributed by atoms with van der Waals surface area (Å²) in [6, 6.07) is 5.17. The Hall–Kier alpha value is -1.07. The maximum absolute atomic E-state index is 12.5. The summed E-state index contributed by atoms with van der Waals surface area (Å²) in [4.78, 5) is 0.311. The number of nitrogens with zero attached hydrogens (tertiary/aromatic N) is 1. The third kappa shape index (κ3) is 2.52. The molecule has 0 amide bonds. The average Bonchev–Trinajstić information content (AvgIpc) is 3.13. The van der Waals surface area contributed by atoms with Crippen LogP contribution in [0.15, 0.2) is 23.1 Å². The van der Waals surface area contributed by atoms with Gasteiger partial charge < -0.3 is 5.73 Å². The van der Waals surface area contributed by atoms with Gasteiger partial charge in [-0.05, 0) is 43.9 Å². The van der Waals surface area contributed by atoms with Gasteiger partial charge in [-0.15, -0.1) is 0 Å². The van der Waals surface area contributed by atoms with Crippen LogP contribution in [-0.4, -0.2) is 25.3 Å². The lowest BCUT2D eigenvalue weighted by Gasteiger charge is -2.21. The van der Waals surface area contributed by atoms with E-state index in [9.17, 15) is 8.42 Å². The Kier molecular flexibility index (Phi) is 3.64. The first-order chi connectivity index (χ1) is 8.46. The molecule has 5 heteroatoms. The van der Waals surface area contributed by atoms with Crippen molar-refractivity contribution in [2.75, 3.05) is 12.3 Å². The standard InChI is InChI=1S/C13H20N2O2S/c1-3-8-15(11-5-6-11)18(16,17)12-7-4-10(2)13(14)9-12/h4,7,9,11H,3,5-6,8,14H2,1-2H3. The summed E-state index contributed by atoms with van der Waals surface area (Å²) in [6.45, 7) is 4.45.